The maximum absolute atomic E-state index is 5.63. The smallest absolute Gasteiger partial charge is 0.211 e. The third-order valence-electron chi connectivity index (χ3n) is 2.25. The summed E-state index contributed by atoms with van der Waals surface area (Å²) >= 11 is 0. The van der Waals surface area contributed by atoms with Crippen LogP contribution in [0.5, 0.6) is 5.75 Å². The first-order valence-electron chi connectivity index (χ1n) is 6.07. The number of ether oxygens (including phenoxy) is 1. The quantitative estimate of drug-likeness (QED) is 0.334. The van der Waals surface area contributed by atoms with Crippen LogP contribution in [-0.4, -0.2) is 18.8 Å². The first-order valence-corrected chi connectivity index (χ1v) is 6.07. The van der Waals surface area contributed by atoms with Gasteiger partial charge in [-0.15, -0.1) is 5.10 Å². The van der Waals surface area contributed by atoms with Crippen molar-refractivity contribution < 1.29 is 4.74 Å². The Hall–Kier alpha value is -2.04. The molecule has 0 spiro atoms. The highest BCUT2D eigenvalue weighted by atomic mass is 16.5. The summed E-state index contributed by atoms with van der Waals surface area (Å²) in [4.78, 5) is 0. The number of rotatable bonds is 7. The van der Waals surface area contributed by atoms with Gasteiger partial charge in [0.25, 0.3) is 0 Å². The Morgan fingerprint density at radius 1 is 1.33 bits per heavy atom. The Morgan fingerprint density at radius 2 is 2.17 bits per heavy atom. The number of nitrogens with zero attached hydrogens (tertiary/aromatic N) is 2. The molecule has 0 unspecified atom stereocenters. The summed E-state index contributed by atoms with van der Waals surface area (Å²) in [7, 11) is 0. The molecule has 0 heterocycles. The van der Waals surface area contributed by atoms with Gasteiger partial charge in [0.2, 0.25) is 5.96 Å². The number of unbranched alkanes of at least 4 members (excludes halogenated alkanes) is 2. The van der Waals surface area contributed by atoms with E-state index in [1.807, 2.05) is 24.3 Å². The zero-order valence-electron chi connectivity index (χ0n) is 10.7. The summed E-state index contributed by atoms with van der Waals surface area (Å²) in [6.07, 6.45) is 5.03. The molecule has 1 aromatic rings. The van der Waals surface area contributed by atoms with Crippen LogP contribution in [0.3, 0.4) is 0 Å². The summed E-state index contributed by atoms with van der Waals surface area (Å²) in [5, 5.41) is 7.29. The second kappa shape index (κ2) is 8.11. The van der Waals surface area contributed by atoms with E-state index in [9.17, 15) is 0 Å². The molecule has 0 fully saturated rings. The van der Waals surface area contributed by atoms with Gasteiger partial charge in [-0.3, -0.25) is 0 Å². The molecule has 4 N–H and O–H groups in total. The van der Waals surface area contributed by atoms with E-state index in [4.69, 9.17) is 16.2 Å². The third kappa shape index (κ3) is 5.89. The molecule has 1 rings (SSSR count). The van der Waals surface area contributed by atoms with Gasteiger partial charge in [-0.05, 0) is 24.1 Å². The van der Waals surface area contributed by atoms with Gasteiger partial charge in [-0.2, -0.15) is 5.10 Å². The van der Waals surface area contributed by atoms with Gasteiger partial charge in [-0.25, -0.2) is 0 Å². The normalized spacial score (nSPS) is 10.5. The summed E-state index contributed by atoms with van der Waals surface area (Å²) in [6, 6.07) is 7.64. The summed E-state index contributed by atoms with van der Waals surface area (Å²) < 4.78 is 5.63. The lowest BCUT2D eigenvalue weighted by atomic mass is 10.2. The maximum atomic E-state index is 5.63. The third-order valence-corrected chi connectivity index (χ3v) is 2.25. The minimum absolute atomic E-state index is 0.0572. The molecule has 0 radical (unpaired) electrons. The van der Waals surface area contributed by atoms with Crippen molar-refractivity contribution in [1.82, 2.24) is 0 Å². The first-order chi connectivity index (χ1) is 8.72. The van der Waals surface area contributed by atoms with Crippen LogP contribution < -0.4 is 16.2 Å². The Balaban J connectivity index is 2.51. The van der Waals surface area contributed by atoms with Crippen molar-refractivity contribution in [1.29, 1.82) is 0 Å². The van der Waals surface area contributed by atoms with Crippen LogP contribution in [0, 0.1) is 0 Å². The van der Waals surface area contributed by atoms with E-state index in [0.29, 0.717) is 0 Å². The van der Waals surface area contributed by atoms with E-state index >= 15 is 0 Å². The monoisotopic (exact) mass is 248 g/mol. The summed E-state index contributed by atoms with van der Waals surface area (Å²) in [5.41, 5.74) is 11.2. The van der Waals surface area contributed by atoms with Gasteiger partial charge >= 0.3 is 0 Å². The zero-order valence-corrected chi connectivity index (χ0v) is 10.7. The molecule has 0 saturated heterocycles. The fourth-order valence-electron chi connectivity index (χ4n) is 1.39. The van der Waals surface area contributed by atoms with E-state index in [0.717, 1.165) is 24.3 Å². The van der Waals surface area contributed by atoms with Crippen LogP contribution in [0.25, 0.3) is 0 Å². The van der Waals surface area contributed by atoms with Gasteiger partial charge in [-0.1, -0.05) is 31.9 Å². The van der Waals surface area contributed by atoms with Gasteiger partial charge in [0.15, 0.2) is 0 Å². The lowest BCUT2D eigenvalue weighted by Crippen LogP contribution is -2.21. The van der Waals surface area contributed by atoms with Crippen LogP contribution in [0.2, 0.25) is 0 Å². The molecular formula is C13H20N4O. The number of benzene rings is 1. The fraction of sp³-hybridized carbons (Fsp3) is 0.385. The number of hydrogen-bond donors (Lipinski definition) is 2. The molecular weight excluding hydrogens is 228 g/mol. The zero-order chi connectivity index (χ0) is 13.2. The van der Waals surface area contributed by atoms with Crippen LogP contribution in [-0.2, 0) is 0 Å². The minimum Gasteiger partial charge on any atom is -0.494 e. The van der Waals surface area contributed by atoms with Gasteiger partial charge in [0.05, 0.1) is 12.8 Å². The highest BCUT2D eigenvalue weighted by Crippen LogP contribution is 2.12. The molecule has 5 heteroatoms. The molecule has 1 aromatic carbocycles. The second-order valence-electron chi connectivity index (χ2n) is 3.90. The number of guanidine groups is 1. The van der Waals surface area contributed by atoms with Crippen molar-refractivity contribution in [2.45, 2.75) is 26.2 Å². The van der Waals surface area contributed by atoms with E-state index in [2.05, 4.69) is 17.1 Å². The average molecular weight is 248 g/mol. The largest absolute Gasteiger partial charge is 0.494 e. The molecule has 5 nitrogen and oxygen atoms in total. The maximum Gasteiger partial charge on any atom is 0.211 e. The molecule has 0 saturated carbocycles. The van der Waals surface area contributed by atoms with Crippen molar-refractivity contribution >= 4 is 12.2 Å². The van der Waals surface area contributed by atoms with E-state index in [1.54, 1.807) is 6.21 Å². The highest BCUT2D eigenvalue weighted by Gasteiger charge is 1.95. The Bertz CT molecular complexity index is 411. The van der Waals surface area contributed by atoms with Crippen LogP contribution in [0.1, 0.15) is 31.7 Å². The van der Waals surface area contributed by atoms with Crippen molar-refractivity contribution in [3.05, 3.63) is 29.8 Å². The lowest BCUT2D eigenvalue weighted by Gasteiger charge is -2.05. The molecule has 18 heavy (non-hydrogen) atoms. The Kier molecular flexibility index (Phi) is 6.32. The molecule has 0 aliphatic carbocycles. The van der Waals surface area contributed by atoms with Crippen LogP contribution in [0.4, 0.5) is 0 Å². The van der Waals surface area contributed by atoms with Gasteiger partial charge in [0.1, 0.15) is 5.75 Å². The molecule has 0 bridgehead atoms. The van der Waals surface area contributed by atoms with Crippen molar-refractivity contribution in [3.8, 4) is 5.75 Å². The van der Waals surface area contributed by atoms with Crippen LogP contribution in [0.15, 0.2) is 34.5 Å². The van der Waals surface area contributed by atoms with Crippen molar-refractivity contribution in [2.24, 2.45) is 21.7 Å². The number of hydrogen-bond acceptors (Lipinski definition) is 3. The topological polar surface area (TPSA) is 86.0 Å². The van der Waals surface area contributed by atoms with Crippen molar-refractivity contribution in [2.75, 3.05) is 6.61 Å². The van der Waals surface area contributed by atoms with Gasteiger partial charge in [0, 0.05) is 0 Å². The van der Waals surface area contributed by atoms with Crippen LogP contribution >= 0.6 is 0 Å². The molecule has 0 atom stereocenters. The Labute approximate surface area is 108 Å². The second-order valence-corrected chi connectivity index (χ2v) is 3.90. The summed E-state index contributed by atoms with van der Waals surface area (Å²) in [6.45, 7) is 2.91. The summed E-state index contributed by atoms with van der Waals surface area (Å²) in [5.74, 6) is 0.776. The van der Waals surface area contributed by atoms with E-state index in [-0.39, 0.29) is 5.96 Å². The van der Waals surface area contributed by atoms with E-state index in [1.165, 1.54) is 12.8 Å². The number of nitrogens with two attached hydrogens (primary N) is 2. The lowest BCUT2D eigenvalue weighted by molar-refractivity contribution is 0.306. The van der Waals surface area contributed by atoms with E-state index < -0.39 is 0 Å². The fourth-order valence-corrected chi connectivity index (χ4v) is 1.39. The first kappa shape index (κ1) is 14.0. The molecule has 0 aliphatic rings. The predicted octanol–water partition coefficient (Wildman–Crippen LogP) is 1.86. The molecule has 0 aliphatic heterocycles. The standard InChI is InChI=1S/C13H20N4O/c1-2-3-4-8-18-12-7-5-6-11(9-12)10-16-17-13(14)15/h5-7,9-10H,2-4,8H2,1H3,(H4,14,15,17). The van der Waals surface area contributed by atoms with Crippen molar-refractivity contribution in [3.63, 3.8) is 0 Å². The average Bonchev–Trinajstić information content (AvgIpc) is 2.35. The predicted molar refractivity (Wildman–Crippen MR) is 74.9 cm³/mol. The highest BCUT2D eigenvalue weighted by molar-refractivity contribution is 5.81. The Morgan fingerprint density at radius 3 is 2.89 bits per heavy atom. The molecule has 0 aromatic heterocycles. The van der Waals surface area contributed by atoms with Gasteiger partial charge < -0.3 is 16.2 Å². The molecule has 0 amide bonds. The SMILES string of the molecule is CCCCCOc1cccc(C=NN=C(N)N)c1. The minimum atomic E-state index is -0.0572. The molecule has 98 valence electrons.